The van der Waals surface area contributed by atoms with Gasteiger partial charge in [-0.1, -0.05) is 35.0 Å². The Bertz CT molecular complexity index is 341. The Kier molecular flexibility index (Phi) is 3.91. The van der Waals surface area contributed by atoms with Gasteiger partial charge in [0.05, 0.1) is 12.7 Å². The highest BCUT2D eigenvalue weighted by atomic mass is 79.9. The largest absolute Gasteiger partial charge is 0.465 e. The van der Waals surface area contributed by atoms with Gasteiger partial charge in [0.25, 0.3) is 0 Å². The van der Waals surface area contributed by atoms with Crippen LogP contribution in [0.3, 0.4) is 0 Å². The molecule has 0 aromatic heterocycles. The summed E-state index contributed by atoms with van der Waals surface area (Å²) in [6.07, 6.45) is 0.991. The van der Waals surface area contributed by atoms with Gasteiger partial charge in [0.15, 0.2) is 0 Å². The number of hydrogen-bond donors (Lipinski definition) is 0. The third-order valence-corrected chi connectivity index (χ3v) is 3.59. The Balaban J connectivity index is 2.95. The molecule has 1 aromatic rings. The molecule has 0 aliphatic heterocycles. The van der Waals surface area contributed by atoms with E-state index in [1.165, 1.54) is 7.11 Å². The molecule has 0 bridgehead atoms. The lowest BCUT2D eigenvalue weighted by Gasteiger charge is -2.20. The van der Waals surface area contributed by atoms with Crippen LogP contribution in [0.5, 0.6) is 0 Å². The van der Waals surface area contributed by atoms with Gasteiger partial charge in [-0.15, -0.1) is 0 Å². The second-order valence-corrected chi connectivity index (χ2v) is 5.37. The molecule has 0 fully saturated rings. The highest BCUT2D eigenvalue weighted by Gasteiger charge is 2.20. The molecule has 0 aliphatic rings. The molecule has 0 heterocycles. The highest BCUT2D eigenvalue weighted by Crippen LogP contribution is 2.33. The third-order valence-electron chi connectivity index (χ3n) is 2.57. The van der Waals surface area contributed by atoms with Crippen LogP contribution >= 0.6 is 15.9 Å². The summed E-state index contributed by atoms with van der Waals surface area (Å²) in [4.78, 5) is 11.2. The maximum Gasteiger partial charge on any atom is 0.337 e. The molecule has 0 radical (unpaired) electrons. The third kappa shape index (κ3) is 2.81. The molecule has 2 nitrogen and oxygen atoms in total. The first-order chi connectivity index (χ1) is 7.01. The molecule has 1 rings (SSSR count). The first-order valence-corrected chi connectivity index (χ1v) is 5.68. The van der Waals surface area contributed by atoms with Crippen LogP contribution in [0.4, 0.5) is 0 Å². The summed E-state index contributed by atoms with van der Waals surface area (Å²) in [5.74, 6) is -0.297. The van der Waals surface area contributed by atoms with Gasteiger partial charge in [-0.3, -0.25) is 0 Å². The molecule has 82 valence electrons. The Morgan fingerprint density at radius 1 is 1.40 bits per heavy atom. The highest BCUT2D eigenvalue weighted by molar-refractivity contribution is 9.09. The molecule has 0 spiro atoms. The summed E-state index contributed by atoms with van der Waals surface area (Å²) in [6, 6.07) is 7.47. The molecular weight excluding hydrogens is 256 g/mol. The zero-order valence-electron chi connectivity index (χ0n) is 9.21. The molecule has 3 heteroatoms. The Hall–Kier alpha value is -0.830. The molecule has 1 unspecified atom stereocenters. The fourth-order valence-electron chi connectivity index (χ4n) is 1.28. The number of carbonyl (C=O) groups excluding carboxylic acids is 1. The number of carbonyl (C=O) groups is 1. The number of halogens is 1. The van der Waals surface area contributed by atoms with Crippen molar-refractivity contribution >= 4 is 21.9 Å². The molecule has 1 aromatic carbocycles. The van der Waals surface area contributed by atoms with Crippen molar-refractivity contribution in [3.05, 3.63) is 35.4 Å². The summed E-state index contributed by atoms with van der Waals surface area (Å²) in [7, 11) is 1.39. The summed E-state index contributed by atoms with van der Waals surface area (Å²) >= 11 is 3.65. The Morgan fingerprint density at radius 3 is 2.33 bits per heavy atom. The van der Waals surface area contributed by atoms with Gasteiger partial charge in [0.2, 0.25) is 0 Å². The van der Waals surface area contributed by atoms with Crippen molar-refractivity contribution in [3.8, 4) is 0 Å². The first-order valence-electron chi connectivity index (χ1n) is 4.89. The standard InChI is InChI=1S/C12H15BrO2/c1-4-12(2,13)10-7-5-9(6-8-10)11(14)15-3/h5-8H,4H2,1-3H3. The van der Waals surface area contributed by atoms with E-state index < -0.39 is 0 Å². The monoisotopic (exact) mass is 270 g/mol. The summed E-state index contributed by atoms with van der Waals surface area (Å²) in [5, 5.41) is 0. The van der Waals surface area contributed by atoms with Gasteiger partial charge in [-0.05, 0) is 31.0 Å². The van der Waals surface area contributed by atoms with Crippen molar-refractivity contribution in [2.24, 2.45) is 0 Å². The van der Waals surface area contributed by atoms with Crippen LogP contribution in [0, 0.1) is 0 Å². The zero-order valence-corrected chi connectivity index (χ0v) is 10.8. The van der Waals surface area contributed by atoms with E-state index in [1.807, 2.05) is 12.1 Å². The van der Waals surface area contributed by atoms with E-state index in [0.717, 1.165) is 12.0 Å². The second-order valence-electron chi connectivity index (χ2n) is 3.62. The number of esters is 1. The minimum absolute atomic E-state index is 0.0261. The van der Waals surface area contributed by atoms with Gasteiger partial charge in [-0.2, -0.15) is 0 Å². The first kappa shape index (κ1) is 12.2. The minimum Gasteiger partial charge on any atom is -0.465 e. The van der Waals surface area contributed by atoms with Gasteiger partial charge in [-0.25, -0.2) is 4.79 Å². The van der Waals surface area contributed by atoms with Crippen molar-refractivity contribution < 1.29 is 9.53 Å². The average molecular weight is 271 g/mol. The number of rotatable bonds is 3. The van der Waals surface area contributed by atoms with Crippen molar-refractivity contribution in [1.29, 1.82) is 0 Å². The van der Waals surface area contributed by atoms with Crippen LogP contribution in [0.2, 0.25) is 0 Å². The number of hydrogen-bond acceptors (Lipinski definition) is 2. The van der Waals surface area contributed by atoms with Gasteiger partial charge in [0, 0.05) is 4.32 Å². The smallest absolute Gasteiger partial charge is 0.337 e. The van der Waals surface area contributed by atoms with E-state index in [2.05, 4.69) is 34.5 Å². The predicted octanol–water partition coefficient (Wildman–Crippen LogP) is 3.49. The Morgan fingerprint density at radius 2 is 1.93 bits per heavy atom. The molecule has 0 saturated heterocycles. The maximum absolute atomic E-state index is 11.2. The van der Waals surface area contributed by atoms with Crippen LogP contribution in [0.1, 0.15) is 36.2 Å². The average Bonchev–Trinajstić information content (AvgIpc) is 2.28. The van der Waals surface area contributed by atoms with Crippen LogP contribution in [-0.2, 0) is 9.06 Å². The van der Waals surface area contributed by atoms with Crippen molar-refractivity contribution in [3.63, 3.8) is 0 Å². The van der Waals surface area contributed by atoms with E-state index in [9.17, 15) is 4.79 Å². The molecule has 15 heavy (non-hydrogen) atoms. The van der Waals surface area contributed by atoms with E-state index in [-0.39, 0.29) is 10.3 Å². The van der Waals surface area contributed by atoms with Crippen LogP contribution in [0.25, 0.3) is 0 Å². The topological polar surface area (TPSA) is 26.3 Å². The lowest BCUT2D eigenvalue weighted by molar-refractivity contribution is 0.0600. The minimum atomic E-state index is -0.297. The summed E-state index contributed by atoms with van der Waals surface area (Å²) in [5.41, 5.74) is 1.75. The van der Waals surface area contributed by atoms with E-state index in [1.54, 1.807) is 12.1 Å². The fraction of sp³-hybridized carbons (Fsp3) is 0.417. The molecule has 1 atom stereocenters. The van der Waals surface area contributed by atoms with Crippen molar-refractivity contribution in [2.75, 3.05) is 7.11 Å². The predicted molar refractivity (Wildman–Crippen MR) is 64.4 cm³/mol. The lowest BCUT2D eigenvalue weighted by Crippen LogP contribution is -2.11. The normalized spacial score (nSPS) is 14.4. The SMILES string of the molecule is CCC(C)(Br)c1ccc(C(=O)OC)cc1. The quantitative estimate of drug-likeness (QED) is 0.621. The lowest BCUT2D eigenvalue weighted by atomic mass is 9.97. The molecular formula is C12H15BrO2. The van der Waals surface area contributed by atoms with Crippen LogP contribution in [-0.4, -0.2) is 13.1 Å². The zero-order chi connectivity index (χ0) is 11.5. The van der Waals surface area contributed by atoms with E-state index >= 15 is 0 Å². The summed E-state index contributed by atoms with van der Waals surface area (Å²) in [6.45, 7) is 4.23. The fourth-order valence-corrected chi connectivity index (χ4v) is 1.54. The van der Waals surface area contributed by atoms with Crippen molar-refractivity contribution in [2.45, 2.75) is 24.6 Å². The van der Waals surface area contributed by atoms with Crippen LogP contribution < -0.4 is 0 Å². The van der Waals surface area contributed by atoms with Gasteiger partial charge >= 0.3 is 5.97 Å². The molecule has 0 N–H and O–H groups in total. The van der Waals surface area contributed by atoms with Gasteiger partial charge < -0.3 is 4.74 Å². The molecule has 0 saturated carbocycles. The molecule has 0 aliphatic carbocycles. The number of methoxy groups -OCH3 is 1. The maximum atomic E-state index is 11.2. The number of ether oxygens (including phenoxy) is 1. The Labute approximate surface area is 98.8 Å². The second kappa shape index (κ2) is 4.79. The van der Waals surface area contributed by atoms with Crippen LogP contribution in [0.15, 0.2) is 24.3 Å². The number of alkyl halides is 1. The number of benzene rings is 1. The van der Waals surface area contributed by atoms with E-state index in [4.69, 9.17) is 0 Å². The summed E-state index contributed by atoms with van der Waals surface area (Å²) < 4.78 is 4.61. The van der Waals surface area contributed by atoms with E-state index in [0.29, 0.717) is 5.56 Å². The van der Waals surface area contributed by atoms with Gasteiger partial charge in [0.1, 0.15) is 0 Å². The molecule has 0 amide bonds. The van der Waals surface area contributed by atoms with Crippen molar-refractivity contribution in [1.82, 2.24) is 0 Å².